The Hall–Kier alpha value is -1.09. The number of pyridine rings is 1. The molecular formula is C10H16N2O. The number of methoxy groups -OCH3 is 1. The highest BCUT2D eigenvalue weighted by molar-refractivity contribution is 5.30. The molecule has 0 aliphatic heterocycles. The normalized spacial score (nSPS) is 12.5. The van der Waals surface area contributed by atoms with Gasteiger partial charge in [-0.1, -0.05) is 6.92 Å². The molecule has 1 rings (SSSR count). The predicted molar refractivity (Wildman–Crippen MR) is 52.7 cm³/mol. The van der Waals surface area contributed by atoms with Gasteiger partial charge in [-0.25, -0.2) is 0 Å². The summed E-state index contributed by atoms with van der Waals surface area (Å²) in [5, 5.41) is 0. The number of hydrogen-bond donors (Lipinski definition) is 1. The monoisotopic (exact) mass is 180 g/mol. The first-order valence-electron chi connectivity index (χ1n) is 4.45. The Bertz CT molecular complexity index is 263. The second-order valence-corrected chi connectivity index (χ2v) is 3.23. The minimum Gasteiger partial charge on any atom is -0.496 e. The lowest BCUT2D eigenvalue weighted by Gasteiger charge is -2.11. The maximum Gasteiger partial charge on any atom is 0.125 e. The summed E-state index contributed by atoms with van der Waals surface area (Å²) in [7, 11) is 1.67. The summed E-state index contributed by atoms with van der Waals surface area (Å²) in [5.41, 5.74) is 6.68. The summed E-state index contributed by atoms with van der Waals surface area (Å²) < 4.78 is 5.21. The van der Waals surface area contributed by atoms with Gasteiger partial charge in [0.25, 0.3) is 0 Å². The zero-order chi connectivity index (χ0) is 9.68. The molecule has 2 N–H and O–H groups in total. The van der Waals surface area contributed by atoms with Crippen molar-refractivity contribution in [2.45, 2.75) is 13.3 Å². The fraction of sp³-hybridized carbons (Fsp3) is 0.500. The van der Waals surface area contributed by atoms with Gasteiger partial charge < -0.3 is 10.5 Å². The van der Waals surface area contributed by atoms with E-state index in [0.717, 1.165) is 17.7 Å². The first-order chi connectivity index (χ1) is 6.27. The molecule has 0 fully saturated rings. The average Bonchev–Trinajstić information content (AvgIpc) is 2.18. The molecule has 13 heavy (non-hydrogen) atoms. The largest absolute Gasteiger partial charge is 0.496 e. The Labute approximate surface area is 78.9 Å². The van der Waals surface area contributed by atoms with Gasteiger partial charge >= 0.3 is 0 Å². The first kappa shape index (κ1) is 9.99. The van der Waals surface area contributed by atoms with Crippen molar-refractivity contribution in [2.24, 2.45) is 11.7 Å². The zero-order valence-electron chi connectivity index (χ0n) is 8.16. The summed E-state index contributed by atoms with van der Waals surface area (Å²) in [6.45, 7) is 2.81. The van der Waals surface area contributed by atoms with Crippen LogP contribution in [0.2, 0.25) is 0 Å². The van der Waals surface area contributed by atoms with Crippen molar-refractivity contribution in [1.29, 1.82) is 0 Å². The fourth-order valence-electron chi connectivity index (χ4n) is 1.23. The Balaban J connectivity index is 2.74. The summed E-state index contributed by atoms with van der Waals surface area (Å²) in [4.78, 5) is 4.06. The number of ether oxygens (including phenoxy) is 1. The third-order valence-electron chi connectivity index (χ3n) is 2.05. The molecule has 1 heterocycles. The van der Waals surface area contributed by atoms with Gasteiger partial charge in [0.1, 0.15) is 5.75 Å². The molecule has 0 aromatic carbocycles. The summed E-state index contributed by atoms with van der Waals surface area (Å²) in [6.07, 6.45) is 4.49. The predicted octanol–water partition coefficient (Wildman–Crippen LogP) is 1.23. The molecular weight excluding hydrogens is 164 g/mol. The van der Waals surface area contributed by atoms with Crippen LogP contribution in [0.3, 0.4) is 0 Å². The van der Waals surface area contributed by atoms with Gasteiger partial charge in [-0.15, -0.1) is 0 Å². The first-order valence-corrected chi connectivity index (χ1v) is 4.45. The second-order valence-electron chi connectivity index (χ2n) is 3.23. The van der Waals surface area contributed by atoms with E-state index in [-0.39, 0.29) is 0 Å². The van der Waals surface area contributed by atoms with Gasteiger partial charge in [0.15, 0.2) is 0 Å². The molecule has 1 atom stereocenters. The van der Waals surface area contributed by atoms with E-state index < -0.39 is 0 Å². The maximum atomic E-state index is 5.55. The Morgan fingerprint density at radius 2 is 2.38 bits per heavy atom. The molecule has 1 unspecified atom stereocenters. The number of rotatable bonds is 4. The third kappa shape index (κ3) is 2.70. The van der Waals surface area contributed by atoms with Crippen molar-refractivity contribution in [1.82, 2.24) is 4.98 Å². The van der Waals surface area contributed by atoms with E-state index in [4.69, 9.17) is 10.5 Å². The van der Waals surface area contributed by atoms with E-state index in [1.165, 1.54) is 0 Å². The molecule has 0 aliphatic rings. The number of nitrogens with zero attached hydrogens (tertiary/aromatic N) is 1. The summed E-state index contributed by atoms with van der Waals surface area (Å²) in [5.74, 6) is 1.37. The average molecular weight is 180 g/mol. The molecule has 0 radical (unpaired) electrons. The second kappa shape index (κ2) is 4.82. The van der Waals surface area contributed by atoms with Crippen molar-refractivity contribution in [3.8, 4) is 5.75 Å². The van der Waals surface area contributed by atoms with Crippen LogP contribution in [0.15, 0.2) is 18.5 Å². The van der Waals surface area contributed by atoms with E-state index in [2.05, 4.69) is 11.9 Å². The van der Waals surface area contributed by atoms with Crippen LogP contribution < -0.4 is 10.5 Å². The number of aromatic nitrogens is 1. The fourth-order valence-corrected chi connectivity index (χ4v) is 1.23. The SMILES string of the molecule is COc1ccncc1CC(C)CN. The van der Waals surface area contributed by atoms with E-state index in [0.29, 0.717) is 12.5 Å². The molecule has 3 heteroatoms. The molecule has 0 spiro atoms. The van der Waals surface area contributed by atoms with E-state index in [1.54, 1.807) is 13.3 Å². The molecule has 0 aliphatic carbocycles. The Morgan fingerprint density at radius 1 is 1.62 bits per heavy atom. The van der Waals surface area contributed by atoms with Gasteiger partial charge in [-0.3, -0.25) is 4.98 Å². The minimum atomic E-state index is 0.470. The zero-order valence-corrected chi connectivity index (χ0v) is 8.16. The molecule has 0 amide bonds. The van der Waals surface area contributed by atoms with Gasteiger partial charge in [-0.2, -0.15) is 0 Å². The van der Waals surface area contributed by atoms with Gasteiger partial charge in [0, 0.05) is 18.0 Å². The van der Waals surface area contributed by atoms with Crippen LogP contribution in [0.4, 0.5) is 0 Å². The highest BCUT2D eigenvalue weighted by Gasteiger charge is 2.06. The van der Waals surface area contributed by atoms with Crippen LogP contribution in [0.25, 0.3) is 0 Å². The van der Waals surface area contributed by atoms with E-state index >= 15 is 0 Å². The molecule has 3 nitrogen and oxygen atoms in total. The summed E-state index contributed by atoms with van der Waals surface area (Å²) in [6, 6.07) is 1.87. The number of nitrogens with two attached hydrogens (primary N) is 1. The lowest BCUT2D eigenvalue weighted by Crippen LogP contribution is -2.13. The highest BCUT2D eigenvalue weighted by atomic mass is 16.5. The summed E-state index contributed by atoms with van der Waals surface area (Å²) >= 11 is 0. The molecule has 0 bridgehead atoms. The lowest BCUT2D eigenvalue weighted by atomic mass is 10.0. The van der Waals surface area contributed by atoms with Crippen LogP contribution in [-0.4, -0.2) is 18.6 Å². The van der Waals surface area contributed by atoms with Crippen molar-refractivity contribution >= 4 is 0 Å². The molecule has 0 saturated carbocycles. The Kier molecular flexibility index (Phi) is 3.71. The topological polar surface area (TPSA) is 48.1 Å². The van der Waals surface area contributed by atoms with Crippen molar-refractivity contribution in [3.05, 3.63) is 24.0 Å². The van der Waals surface area contributed by atoms with Crippen molar-refractivity contribution < 1.29 is 4.74 Å². The van der Waals surface area contributed by atoms with Gasteiger partial charge in [0.05, 0.1) is 7.11 Å². The highest BCUT2D eigenvalue weighted by Crippen LogP contribution is 2.18. The molecule has 0 saturated heterocycles. The maximum absolute atomic E-state index is 5.55. The van der Waals surface area contributed by atoms with Crippen LogP contribution in [0.5, 0.6) is 5.75 Å². The molecule has 72 valence electrons. The number of hydrogen-bond acceptors (Lipinski definition) is 3. The van der Waals surface area contributed by atoms with E-state index in [9.17, 15) is 0 Å². The minimum absolute atomic E-state index is 0.470. The van der Waals surface area contributed by atoms with Crippen LogP contribution in [-0.2, 0) is 6.42 Å². The third-order valence-corrected chi connectivity index (χ3v) is 2.05. The quantitative estimate of drug-likeness (QED) is 0.758. The molecule has 1 aromatic heterocycles. The Morgan fingerprint density at radius 3 is 3.00 bits per heavy atom. The standard InChI is InChI=1S/C10H16N2O/c1-8(6-11)5-9-7-12-4-3-10(9)13-2/h3-4,7-8H,5-6,11H2,1-2H3. The van der Waals surface area contributed by atoms with Crippen LogP contribution in [0, 0.1) is 5.92 Å². The van der Waals surface area contributed by atoms with Crippen LogP contribution >= 0.6 is 0 Å². The smallest absolute Gasteiger partial charge is 0.125 e. The molecule has 1 aromatic rings. The van der Waals surface area contributed by atoms with Gasteiger partial charge in [0.2, 0.25) is 0 Å². The lowest BCUT2D eigenvalue weighted by molar-refractivity contribution is 0.405. The van der Waals surface area contributed by atoms with Gasteiger partial charge in [-0.05, 0) is 24.9 Å². The van der Waals surface area contributed by atoms with Crippen molar-refractivity contribution in [2.75, 3.05) is 13.7 Å². The van der Waals surface area contributed by atoms with Crippen molar-refractivity contribution in [3.63, 3.8) is 0 Å². The van der Waals surface area contributed by atoms with E-state index in [1.807, 2.05) is 12.3 Å². The van der Waals surface area contributed by atoms with Crippen LogP contribution in [0.1, 0.15) is 12.5 Å².